The second-order valence-electron chi connectivity index (χ2n) is 7.04. The quantitative estimate of drug-likeness (QED) is 0.765. The summed E-state index contributed by atoms with van der Waals surface area (Å²) < 4.78 is 6.63. The van der Waals surface area contributed by atoms with Crippen LogP contribution in [0.15, 0.2) is 28.7 Å². The lowest BCUT2D eigenvalue weighted by molar-refractivity contribution is 0.0108. The molecule has 1 unspecified atom stereocenters. The van der Waals surface area contributed by atoms with Gasteiger partial charge in [0.25, 0.3) is 0 Å². The molecule has 116 valence electrons. The molecule has 1 fully saturated rings. The van der Waals surface area contributed by atoms with Crippen molar-refractivity contribution in [3.8, 4) is 0 Å². The predicted octanol–water partition coefficient (Wildman–Crippen LogP) is 4.78. The number of benzene rings is 1. The van der Waals surface area contributed by atoms with Crippen molar-refractivity contribution in [1.82, 2.24) is 4.90 Å². The van der Waals surface area contributed by atoms with Gasteiger partial charge in [0.1, 0.15) is 5.60 Å². The zero-order valence-electron chi connectivity index (χ0n) is 13.3. The van der Waals surface area contributed by atoms with Crippen molar-refractivity contribution in [1.29, 1.82) is 0 Å². The molecule has 1 atom stereocenters. The van der Waals surface area contributed by atoms with Crippen LogP contribution in [0.2, 0.25) is 0 Å². The predicted molar refractivity (Wildman–Crippen MR) is 88.4 cm³/mol. The van der Waals surface area contributed by atoms with Crippen LogP contribution in [0, 0.1) is 0 Å². The molecule has 0 radical (unpaired) electrons. The van der Waals surface area contributed by atoms with Crippen LogP contribution in [0.4, 0.5) is 4.79 Å². The van der Waals surface area contributed by atoms with E-state index in [4.69, 9.17) is 4.74 Å². The van der Waals surface area contributed by atoms with Crippen molar-refractivity contribution in [3.05, 3.63) is 34.3 Å². The molecule has 1 saturated heterocycles. The fraction of sp³-hybridized carbons (Fsp3) is 0.588. The van der Waals surface area contributed by atoms with Crippen LogP contribution < -0.4 is 0 Å². The third-order valence-corrected chi connectivity index (χ3v) is 4.33. The highest BCUT2D eigenvalue weighted by molar-refractivity contribution is 9.10. The van der Waals surface area contributed by atoms with E-state index in [1.54, 1.807) is 0 Å². The number of hydrogen-bond acceptors (Lipinski definition) is 2. The number of rotatable bonds is 2. The molecule has 21 heavy (non-hydrogen) atoms. The molecule has 0 bridgehead atoms. The van der Waals surface area contributed by atoms with E-state index in [1.165, 1.54) is 5.56 Å². The van der Waals surface area contributed by atoms with Crippen molar-refractivity contribution < 1.29 is 9.53 Å². The van der Waals surface area contributed by atoms with E-state index < -0.39 is 5.60 Å². The maximum atomic E-state index is 12.4. The van der Waals surface area contributed by atoms with Crippen molar-refractivity contribution >= 4 is 22.0 Å². The lowest BCUT2D eigenvalue weighted by Crippen LogP contribution is -2.48. The third kappa shape index (κ3) is 4.22. The molecule has 0 saturated carbocycles. The van der Waals surface area contributed by atoms with Crippen molar-refractivity contribution in [2.45, 2.75) is 58.1 Å². The van der Waals surface area contributed by atoms with Crippen molar-refractivity contribution in [2.24, 2.45) is 0 Å². The molecule has 1 aliphatic rings. The van der Waals surface area contributed by atoms with Gasteiger partial charge < -0.3 is 9.64 Å². The summed E-state index contributed by atoms with van der Waals surface area (Å²) in [6, 6.07) is 8.29. The van der Waals surface area contributed by atoms with Gasteiger partial charge in [0.15, 0.2) is 0 Å². The SMILES string of the molecule is CC(C)(C)OC(=O)N1CCCC1(C)Cc1cccc(Br)c1. The Morgan fingerprint density at radius 3 is 2.76 bits per heavy atom. The molecule has 1 aromatic carbocycles. The van der Waals surface area contributed by atoms with Crippen molar-refractivity contribution in [2.75, 3.05) is 6.54 Å². The Morgan fingerprint density at radius 1 is 1.43 bits per heavy atom. The monoisotopic (exact) mass is 353 g/mol. The highest BCUT2D eigenvalue weighted by Crippen LogP contribution is 2.34. The van der Waals surface area contributed by atoms with Gasteiger partial charge in [-0.05, 0) is 64.7 Å². The molecule has 2 rings (SSSR count). The van der Waals surface area contributed by atoms with Gasteiger partial charge in [0.2, 0.25) is 0 Å². The van der Waals surface area contributed by atoms with E-state index in [0.717, 1.165) is 30.3 Å². The molecule has 1 heterocycles. The van der Waals surface area contributed by atoms with Gasteiger partial charge in [0.05, 0.1) is 0 Å². The number of carbonyl (C=O) groups is 1. The minimum absolute atomic E-state index is 0.164. The molecule has 0 aromatic heterocycles. The molecule has 0 spiro atoms. The first kappa shape index (κ1) is 16.3. The average Bonchev–Trinajstić information content (AvgIpc) is 2.68. The van der Waals surface area contributed by atoms with Gasteiger partial charge in [-0.25, -0.2) is 4.79 Å². The van der Waals surface area contributed by atoms with E-state index in [0.29, 0.717) is 0 Å². The van der Waals surface area contributed by atoms with Gasteiger partial charge in [-0.2, -0.15) is 0 Å². The van der Waals surface area contributed by atoms with Gasteiger partial charge in [-0.15, -0.1) is 0 Å². The fourth-order valence-corrected chi connectivity index (χ4v) is 3.37. The maximum Gasteiger partial charge on any atom is 0.410 e. The van der Waals surface area contributed by atoms with Gasteiger partial charge in [-0.3, -0.25) is 0 Å². The molecule has 0 N–H and O–H groups in total. The Balaban J connectivity index is 2.14. The second-order valence-corrected chi connectivity index (χ2v) is 7.95. The Kier molecular flexibility index (Phi) is 4.66. The first-order chi connectivity index (χ1) is 9.70. The van der Waals surface area contributed by atoms with Gasteiger partial charge in [0, 0.05) is 16.6 Å². The highest BCUT2D eigenvalue weighted by atomic mass is 79.9. The van der Waals surface area contributed by atoms with Crippen LogP contribution >= 0.6 is 15.9 Å². The summed E-state index contributed by atoms with van der Waals surface area (Å²) in [5.41, 5.74) is 0.627. The first-order valence-electron chi connectivity index (χ1n) is 7.45. The van der Waals surface area contributed by atoms with E-state index in [9.17, 15) is 4.79 Å². The molecule has 1 amide bonds. The smallest absolute Gasteiger partial charge is 0.410 e. The van der Waals surface area contributed by atoms with Crippen LogP contribution in [0.3, 0.4) is 0 Å². The van der Waals surface area contributed by atoms with Crippen LogP contribution in [0.1, 0.15) is 46.1 Å². The summed E-state index contributed by atoms with van der Waals surface area (Å²) in [6.45, 7) is 8.66. The second kappa shape index (κ2) is 5.99. The van der Waals surface area contributed by atoms with Gasteiger partial charge >= 0.3 is 6.09 Å². The molecular formula is C17H24BrNO2. The van der Waals surface area contributed by atoms with E-state index >= 15 is 0 Å². The normalized spacial score (nSPS) is 22.4. The average molecular weight is 354 g/mol. The summed E-state index contributed by atoms with van der Waals surface area (Å²) in [5, 5.41) is 0. The number of hydrogen-bond donors (Lipinski definition) is 0. The summed E-state index contributed by atoms with van der Waals surface area (Å²) in [7, 11) is 0. The number of nitrogens with zero attached hydrogens (tertiary/aromatic N) is 1. The molecule has 1 aliphatic heterocycles. The van der Waals surface area contributed by atoms with Crippen LogP contribution in [-0.4, -0.2) is 28.7 Å². The van der Waals surface area contributed by atoms with E-state index in [2.05, 4.69) is 35.0 Å². The maximum absolute atomic E-state index is 12.4. The van der Waals surface area contributed by atoms with Crippen LogP contribution in [0.25, 0.3) is 0 Å². The Labute approximate surface area is 135 Å². The first-order valence-corrected chi connectivity index (χ1v) is 8.24. The fourth-order valence-electron chi connectivity index (χ4n) is 2.92. The van der Waals surface area contributed by atoms with Crippen molar-refractivity contribution in [3.63, 3.8) is 0 Å². The zero-order chi connectivity index (χ0) is 15.7. The molecule has 0 aliphatic carbocycles. The lowest BCUT2D eigenvalue weighted by atomic mass is 9.90. The minimum atomic E-state index is -0.448. The number of halogens is 1. The van der Waals surface area contributed by atoms with E-state index in [1.807, 2.05) is 37.8 Å². The van der Waals surface area contributed by atoms with Gasteiger partial charge in [-0.1, -0.05) is 28.1 Å². The Hall–Kier alpha value is -1.03. The largest absolute Gasteiger partial charge is 0.444 e. The van der Waals surface area contributed by atoms with E-state index in [-0.39, 0.29) is 11.6 Å². The standard InChI is InChI=1S/C17H24BrNO2/c1-16(2,3)21-15(20)19-10-6-9-17(19,4)12-13-7-5-8-14(18)11-13/h5,7-8,11H,6,9-10,12H2,1-4H3. The molecular weight excluding hydrogens is 330 g/mol. The Morgan fingerprint density at radius 2 is 2.14 bits per heavy atom. The third-order valence-electron chi connectivity index (χ3n) is 3.84. The zero-order valence-corrected chi connectivity index (χ0v) is 14.9. The Bertz CT molecular complexity index is 524. The summed E-state index contributed by atoms with van der Waals surface area (Å²) in [4.78, 5) is 14.3. The molecule has 4 heteroatoms. The number of amides is 1. The van der Waals surface area contributed by atoms with Crippen LogP contribution in [-0.2, 0) is 11.2 Å². The number of ether oxygens (including phenoxy) is 1. The molecule has 1 aromatic rings. The number of carbonyl (C=O) groups excluding carboxylic acids is 1. The summed E-state index contributed by atoms with van der Waals surface area (Å²) in [5.74, 6) is 0. The number of likely N-dealkylation sites (tertiary alicyclic amines) is 1. The summed E-state index contributed by atoms with van der Waals surface area (Å²) in [6.07, 6.45) is 2.70. The minimum Gasteiger partial charge on any atom is -0.444 e. The summed E-state index contributed by atoms with van der Waals surface area (Å²) >= 11 is 3.51. The highest BCUT2D eigenvalue weighted by Gasteiger charge is 2.41. The topological polar surface area (TPSA) is 29.5 Å². The van der Waals surface area contributed by atoms with Crippen LogP contribution in [0.5, 0.6) is 0 Å². The lowest BCUT2D eigenvalue weighted by Gasteiger charge is -2.36. The molecule has 3 nitrogen and oxygen atoms in total.